The van der Waals surface area contributed by atoms with Crippen molar-refractivity contribution < 1.29 is 5.11 Å². The van der Waals surface area contributed by atoms with Crippen molar-refractivity contribution in [2.24, 2.45) is 7.05 Å². The minimum atomic E-state index is -0.576. The lowest BCUT2D eigenvalue weighted by Gasteiger charge is -2.40. The summed E-state index contributed by atoms with van der Waals surface area (Å²) in [7, 11) is 6.03. The molecule has 1 N–H and O–H groups in total. The maximum absolute atomic E-state index is 10.6. The Morgan fingerprint density at radius 2 is 2.28 bits per heavy atom. The van der Waals surface area contributed by atoms with Gasteiger partial charge < -0.3 is 14.6 Å². The summed E-state index contributed by atoms with van der Waals surface area (Å²) < 4.78 is 2.04. The normalized spacial score (nSPS) is 25.8. The number of likely N-dealkylation sites (N-methyl/N-ethyl adjacent to an activating group) is 1. The van der Waals surface area contributed by atoms with E-state index < -0.39 is 5.60 Å². The minimum Gasteiger partial charge on any atom is -0.387 e. The molecule has 102 valence electrons. The number of hydrogen-bond acceptors (Lipinski definition) is 4. The fourth-order valence-corrected chi connectivity index (χ4v) is 2.81. The minimum absolute atomic E-state index is 0.576. The van der Waals surface area contributed by atoms with Gasteiger partial charge in [-0.25, -0.2) is 4.98 Å². The van der Waals surface area contributed by atoms with Crippen molar-refractivity contribution in [2.45, 2.75) is 25.0 Å². The van der Waals surface area contributed by atoms with Crippen molar-refractivity contribution >= 4 is 0 Å². The lowest BCUT2D eigenvalue weighted by atomic mass is 9.92. The Labute approximate surface area is 109 Å². The largest absolute Gasteiger partial charge is 0.387 e. The van der Waals surface area contributed by atoms with Crippen molar-refractivity contribution in [3.8, 4) is 0 Å². The number of hydrogen-bond donors (Lipinski definition) is 1. The first kappa shape index (κ1) is 13.5. The van der Waals surface area contributed by atoms with E-state index in [1.165, 1.54) is 0 Å². The number of aliphatic hydroxyl groups is 1. The first-order chi connectivity index (χ1) is 8.48. The van der Waals surface area contributed by atoms with Gasteiger partial charge in [0.05, 0.1) is 12.1 Å². The highest BCUT2D eigenvalue weighted by atomic mass is 16.3. The number of piperidine rings is 1. The summed E-state index contributed by atoms with van der Waals surface area (Å²) in [6.07, 6.45) is 5.73. The first-order valence-electron chi connectivity index (χ1n) is 6.54. The van der Waals surface area contributed by atoms with Crippen LogP contribution in [0.1, 0.15) is 18.7 Å². The molecule has 1 aromatic heterocycles. The quantitative estimate of drug-likeness (QED) is 0.837. The van der Waals surface area contributed by atoms with Crippen LogP contribution in [0.5, 0.6) is 0 Å². The number of β-amino-alcohol motifs (C(OH)–C–C–N with tert-alkyl or cyclic N) is 1. The van der Waals surface area contributed by atoms with Crippen LogP contribution in [0.15, 0.2) is 12.4 Å². The van der Waals surface area contributed by atoms with Crippen LogP contribution < -0.4 is 0 Å². The lowest BCUT2D eigenvalue weighted by Crippen LogP contribution is -2.53. The summed E-state index contributed by atoms with van der Waals surface area (Å²) in [4.78, 5) is 8.71. The molecule has 1 aliphatic rings. The molecular formula is C13H24N4O. The number of aromatic nitrogens is 2. The van der Waals surface area contributed by atoms with E-state index in [0.29, 0.717) is 0 Å². The van der Waals surface area contributed by atoms with E-state index in [1.54, 1.807) is 0 Å². The second-order valence-corrected chi connectivity index (χ2v) is 5.73. The summed E-state index contributed by atoms with van der Waals surface area (Å²) in [5, 5.41) is 10.6. The predicted octanol–water partition coefficient (Wildman–Crippen LogP) is 0.309. The highest BCUT2D eigenvalue weighted by Crippen LogP contribution is 2.22. The third kappa shape index (κ3) is 3.31. The summed E-state index contributed by atoms with van der Waals surface area (Å²) in [6, 6.07) is 0. The lowest BCUT2D eigenvalue weighted by molar-refractivity contribution is -0.0486. The predicted molar refractivity (Wildman–Crippen MR) is 71.2 cm³/mol. The maximum atomic E-state index is 10.6. The molecule has 2 rings (SSSR count). The van der Waals surface area contributed by atoms with Crippen LogP contribution in [0.2, 0.25) is 0 Å². The Morgan fingerprint density at radius 1 is 1.50 bits per heavy atom. The Hall–Kier alpha value is -0.910. The molecule has 0 spiro atoms. The summed E-state index contributed by atoms with van der Waals surface area (Å²) in [6.45, 7) is 3.32. The molecular weight excluding hydrogens is 228 g/mol. The van der Waals surface area contributed by atoms with Gasteiger partial charge in [0, 0.05) is 32.5 Å². The molecule has 5 nitrogen and oxygen atoms in total. The fourth-order valence-electron chi connectivity index (χ4n) is 2.81. The van der Waals surface area contributed by atoms with Crippen molar-refractivity contribution in [1.82, 2.24) is 19.4 Å². The Balaban J connectivity index is 1.96. The van der Waals surface area contributed by atoms with E-state index in [1.807, 2.05) is 38.1 Å². The standard InChI is InChI=1S/C13H24N4O/c1-15(2)10-13(18)5-4-7-17(11-13)9-12-14-6-8-16(12)3/h6,8,18H,4-5,7,9-11H2,1-3H3/t13-/m0/s1. The smallest absolute Gasteiger partial charge is 0.122 e. The second kappa shape index (κ2) is 5.38. The van der Waals surface area contributed by atoms with E-state index >= 15 is 0 Å². The number of nitrogens with zero attached hydrogens (tertiary/aromatic N) is 4. The van der Waals surface area contributed by atoms with Gasteiger partial charge in [-0.15, -0.1) is 0 Å². The number of aryl methyl sites for hydroxylation is 1. The summed E-state index contributed by atoms with van der Waals surface area (Å²) >= 11 is 0. The third-order valence-corrected chi connectivity index (χ3v) is 3.53. The molecule has 1 aromatic rings. The van der Waals surface area contributed by atoms with E-state index in [0.717, 1.165) is 44.8 Å². The van der Waals surface area contributed by atoms with Gasteiger partial charge in [0.2, 0.25) is 0 Å². The van der Waals surface area contributed by atoms with Gasteiger partial charge in [0.25, 0.3) is 0 Å². The molecule has 0 unspecified atom stereocenters. The zero-order valence-corrected chi connectivity index (χ0v) is 11.6. The molecule has 0 aliphatic carbocycles. The molecule has 1 aliphatic heterocycles. The first-order valence-corrected chi connectivity index (χ1v) is 6.54. The van der Waals surface area contributed by atoms with Gasteiger partial charge in [-0.05, 0) is 33.5 Å². The van der Waals surface area contributed by atoms with Gasteiger partial charge in [-0.2, -0.15) is 0 Å². The van der Waals surface area contributed by atoms with Crippen molar-refractivity contribution in [1.29, 1.82) is 0 Å². The Bertz CT molecular complexity index is 390. The van der Waals surface area contributed by atoms with Crippen LogP contribution in [-0.4, -0.2) is 63.8 Å². The van der Waals surface area contributed by atoms with Gasteiger partial charge in [0.1, 0.15) is 5.82 Å². The molecule has 2 heterocycles. The zero-order valence-electron chi connectivity index (χ0n) is 11.6. The topological polar surface area (TPSA) is 44.5 Å². The van der Waals surface area contributed by atoms with Crippen LogP contribution in [0, 0.1) is 0 Å². The average Bonchev–Trinajstić information content (AvgIpc) is 2.62. The van der Waals surface area contributed by atoms with Crippen LogP contribution >= 0.6 is 0 Å². The zero-order chi connectivity index (χ0) is 13.2. The Morgan fingerprint density at radius 3 is 2.89 bits per heavy atom. The summed E-state index contributed by atoms with van der Waals surface area (Å²) in [5.74, 6) is 1.06. The molecule has 1 atom stereocenters. The van der Waals surface area contributed by atoms with Gasteiger partial charge in [-0.3, -0.25) is 4.90 Å². The molecule has 0 aromatic carbocycles. The molecule has 18 heavy (non-hydrogen) atoms. The van der Waals surface area contributed by atoms with Crippen LogP contribution in [0.25, 0.3) is 0 Å². The number of imidazole rings is 1. The number of rotatable bonds is 4. The van der Waals surface area contributed by atoms with Crippen LogP contribution in [0.4, 0.5) is 0 Å². The molecule has 1 saturated heterocycles. The van der Waals surface area contributed by atoms with E-state index in [4.69, 9.17) is 0 Å². The Kier molecular flexibility index (Phi) is 4.04. The monoisotopic (exact) mass is 252 g/mol. The van der Waals surface area contributed by atoms with Crippen LogP contribution in [0.3, 0.4) is 0 Å². The van der Waals surface area contributed by atoms with E-state index in [2.05, 4.69) is 14.8 Å². The fraction of sp³-hybridized carbons (Fsp3) is 0.769. The second-order valence-electron chi connectivity index (χ2n) is 5.73. The third-order valence-electron chi connectivity index (χ3n) is 3.53. The van der Waals surface area contributed by atoms with Gasteiger partial charge >= 0.3 is 0 Å². The average molecular weight is 252 g/mol. The highest BCUT2D eigenvalue weighted by molar-refractivity contribution is 4.95. The van der Waals surface area contributed by atoms with Crippen molar-refractivity contribution in [2.75, 3.05) is 33.7 Å². The molecule has 0 saturated carbocycles. The molecule has 1 fully saturated rings. The highest BCUT2D eigenvalue weighted by Gasteiger charge is 2.33. The number of likely N-dealkylation sites (tertiary alicyclic amines) is 1. The molecule has 5 heteroatoms. The maximum Gasteiger partial charge on any atom is 0.122 e. The SMILES string of the molecule is CN(C)C[C@@]1(O)CCCN(Cc2nccn2C)C1. The van der Waals surface area contributed by atoms with Crippen LogP contribution in [-0.2, 0) is 13.6 Å². The van der Waals surface area contributed by atoms with Gasteiger partial charge in [-0.1, -0.05) is 0 Å². The molecule has 0 radical (unpaired) electrons. The van der Waals surface area contributed by atoms with E-state index in [9.17, 15) is 5.11 Å². The molecule has 0 amide bonds. The van der Waals surface area contributed by atoms with Gasteiger partial charge in [0.15, 0.2) is 0 Å². The van der Waals surface area contributed by atoms with E-state index in [-0.39, 0.29) is 0 Å². The van der Waals surface area contributed by atoms with Crippen molar-refractivity contribution in [3.05, 3.63) is 18.2 Å². The molecule has 0 bridgehead atoms. The summed E-state index contributed by atoms with van der Waals surface area (Å²) in [5.41, 5.74) is -0.576. The van der Waals surface area contributed by atoms with Crippen molar-refractivity contribution in [3.63, 3.8) is 0 Å².